The summed E-state index contributed by atoms with van der Waals surface area (Å²) < 4.78 is 15.3. The van der Waals surface area contributed by atoms with Gasteiger partial charge in [-0.25, -0.2) is 9.59 Å². The number of hydrogen-bond donors (Lipinski definition) is 2. The fourth-order valence-corrected chi connectivity index (χ4v) is 3.14. The number of imide groups is 1. The molecule has 1 aromatic rings. The highest BCUT2D eigenvalue weighted by atomic mass is 16.7. The fraction of sp³-hybridized carbons (Fsp3) is 0.500. The van der Waals surface area contributed by atoms with Gasteiger partial charge in [0.1, 0.15) is 0 Å². The van der Waals surface area contributed by atoms with E-state index in [2.05, 4.69) is 17.6 Å². The van der Waals surface area contributed by atoms with E-state index in [0.717, 1.165) is 25.7 Å². The van der Waals surface area contributed by atoms with Crippen LogP contribution in [0.15, 0.2) is 18.2 Å². The van der Waals surface area contributed by atoms with Crippen molar-refractivity contribution < 1.29 is 28.6 Å². The highest BCUT2D eigenvalue weighted by Crippen LogP contribution is 2.32. The van der Waals surface area contributed by atoms with Gasteiger partial charge in [-0.3, -0.25) is 10.1 Å². The van der Waals surface area contributed by atoms with Crippen molar-refractivity contribution in [2.24, 2.45) is 5.92 Å². The highest BCUT2D eigenvalue weighted by molar-refractivity contribution is 5.97. The standard InChI is InChI=1S/C18H22N2O6/c1-11-4-2-3-5-13(11)19-18(23)20-16(21)9-24-17(22)12-6-7-14-15(8-12)26-10-25-14/h6-8,11,13H,2-5,9-10H2,1H3,(H2,19,20,21,23). The second-order valence-corrected chi connectivity index (χ2v) is 6.53. The maximum absolute atomic E-state index is 12.0. The number of urea groups is 1. The van der Waals surface area contributed by atoms with Gasteiger partial charge in [0.05, 0.1) is 5.56 Å². The van der Waals surface area contributed by atoms with Crippen LogP contribution in [-0.2, 0) is 9.53 Å². The number of fused-ring (bicyclic) bond motifs is 1. The Kier molecular flexibility index (Phi) is 5.60. The van der Waals surface area contributed by atoms with Crippen LogP contribution in [0.1, 0.15) is 43.0 Å². The summed E-state index contributed by atoms with van der Waals surface area (Å²) in [5.74, 6) is 0.0195. The second-order valence-electron chi connectivity index (χ2n) is 6.53. The molecule has 8 heteroatoms. The van der Waals surface area contributed by atoms with E-state index in [0.29, 0.717) is 17.4 Å². The predicted octanol–water partition coefficient (Wildman–Crippen LogP) is 1.98. The van der Waals surface area contributed by atoms with Crippen LogP contribution >= 0.6 is 0 Å². The Hall–Kier alpha value is -2.77. The molecule has 2 unspecified atom stereocenters. The molecule has 1 aliphatic carbocycles. The number of amides is 3. The molecule has 2 N–H and O–H groups in total. The van der Waals surface area contributed by atoms with Gasteiger partial charge in [0.25, 0.3) is 5.91 Å². The first-order valence-electron chi connectivity index (χ1n) is 8.70. The Bertz CT molecular complexity index is 705. The lowest BCUT2D eigenvalue weighted by molar-refractivity contribution is -0.123. The number of hydrogen-bond acceptors (Lipinski definition) is 6. The molecule has 1 aliphatic heterocycles. The molecule has 0 aromatic heterocycles. The molecule has 0 spiro atoms. The lowest BCUT2D eigenvalue weighted by atomic mass is 9.86. The molecule has 8 nitrogen and oxygen atoms in total. The molecular formula is C18H22N2O6. The Balaban J connectivity index is 1.43. The molecule has 3 amide bonds. The van der Waals surface area contributed by atoms with Gasteiger partial charge < -0.3 is 19.5 Å². The van der Waals surface area contributed by atoms with Gasteiger partial charge in [-0.15, -0.1) is 0 Å². The third kappa shape index (κ3) is 4.44. The lowest BCUT2D eigenvalue weighted by Gasteiger charge is -2.29. The van der Waals surface area contributed by atoms with Crippen LogP contribution in [0.4, 0.5) is 4.79 Å². The highest BCUT2D eigenvalue weighted by Gasteiger charge is 2.23. The number of esters is 1. The third-order valence-electron chi connectivity index (χ3n) is 4.62. The van der Waals surface area contributed by atoms with E-state index in [1.165, 1.54) is 12.1 Å². The summed E-state index contributed by atoms with van der Waals surface area (Å²) in [5, 5.41) is 4.99. The molecule has 1 heterocycles. The smallest absolute Gasteiger partial charge is 0.338 e. The Morgan fingerprint density at radius 2 is 1.92 bits per heavy atom. The summed E-state index contributed by atoms with van der Waals surface area (Å²) in [6.45, 7) is 1.64. The second kappa shape index (κ2) is 8.07. The van der Waals surface area contributed by atoms with Crippen molar-refractivity contribution >= 4 is 17.9 Å². The molecule has 2 atom stereocenters. The van der Waals surface area contributed by atoms with Gasteiger partial charge in [0.15, 0.2) is 18.1 Å². The molecule has 26 heavy (non-hydrogen) atoms. The number of ether oxygens (including phenoxy) is 3. The van der Waals surface area contributed by atoms with Crippen LogP contribution in [0, 0.1) is 5.92 Å². The average Bonchev–Trinajstić information content (AvgIpc) is 3.09. The minimum atomic E-state index is -0.681. The number of carbonyl (C=O) groups excluding carboxylic acids is 3. The van der Waals surface area contributed by atoms with E-state index in [-0.39, 0.29) is 18.4 Å². The summed E-state index contributed by atoms with van der Waals surface area (Å²) >= 11 is 0. The molecule has 0 radical (unpaired) electrons. The van der Waals surface area contributed by atoms with E-state index in [1.807, 2.05) is 0 Å². The maximum Gasteiger partial charge on any atom is 0.338 e. The SMILES string of the molecule is CC1CCCCC1NC(=O)NC(=O)COC(=O)c1ccc2c(c1)OCO2. The van der Waals surface area contributed by atoms with Crippen molar-refractivity contribution in [1.82, 2.24) is 10.6 Å². The molecular weight excluding hydrogens is 340 g/mol. The Labute approximate surface area is 151 Å². The number of benzene rings is 1. The maximum atomic E-state index is 12.0. The molecule has 2 aliphatic rings. The van der Waals surface area contributed by atoms with Crippen molar-refractivity contribution in [3.63, 3.8) is 0 Å². The van der Waals surface area contributed by atoms with E-state index in [1.54, 1.807) is 6.07 Å². The van der Waals surface area contributed by atoms with Crippen LogP contribution in [0.5, 0.6) is 11.5 Å². The van der Waals surface area contributed by atoms with E-state index in [9.17, 15) is 14.4 Å². The molecule has 0 saturated heterocycles. The minimum absolute atomic E-state index is 0.0627. The monoisotopic (exact) mass is 362 g/mol. The molecule has 0 bridgehead atoms. The van der Waals surface area contributed by atoms with E-state index < -0.39 is 24.5 Å². The van der Waals surface area contributed by atoms with Crippen molar-refractivity contribution in [2.75, 3.05) is 13.4 Å². The zero-order valence-electron chi connectivity index (χ0n) is 14.6. The van der Waals surface area contributed by atoms with Crippen LogP contribution < -0.4 is 20.1 Å². The van der Waals surface area contributed by atoms with Gasteiger partial charge in [0, 0.05) is 6.04 Å². The molecule has 1 aromatic carbocycles. The number of nitrogens with one attached hydrogen (secondary N) is 2. The molecule has 1 saturated carbocycles. The van der Waals surface area contributed by atoms with Gasteiger partial charge in [-0.1, -0.05) is 19.8 Å². The first-order valence-corrected chi connectivity index (χ1v) is 8.70. The summed E-state index contributed by atoms with van der Waals surface area (Å²) in [6.07, 6.45) is 4.19. The van der Waals surface area contributed by atoms with Gasteiger partial charge in [-0.05, 0) is 37.0 Å². The van der Waals surface area contributed by atoms with Crippen LogP contribution in [0.3, 0.4) is 0 Å². The zero-order valence-corrected chi connectivity index (χ0v) is 14.6. The van der Waals surface area contributed by atoms with Gasteiger partial charge in [0.2, 0.25) is 6.79 Å². The van der Waals surface area contributed by atoms with Crippen LogP contribution in [0.25, 0.3) is 0 Å². The average molecular weight is 362 g/mol. The first kappa shape index (κ1) is 18.0. The van der Waals surface area contributed by atoms with Crippen molar-refractivity contribution in [3.05, 3.63) is 23.8 Å². The normalized spacial score (nSPS) is 21.0. The third-order valence-corrected chi connectivity index (χ3v) is 4.62. The first-order chi connectivity index (χ1) is 12.5. The fourth-order valence-electron chi connectivity index (χ4n) is 3.14. The van der Waals surface area contributed by atoms with E-state index >= 15 is 0 Å². The summed E-state index contributed by atoms with van der Waals surface area (Å²) in [7, 11) is 0. The van der Waals surface area contributed by atoms with Crippen molar-refractivity contribution in [1.29, 1.82) is 0 Å². The van der Waals surface area contributed by atoms with Gasteiger partial charge in [-0.2, -0.15) is 0 Å². The Morgan fingerprint density at radius 1 is 1.15 bits per heavy atom. The molecule has 140 valence electrons. The largest absolute Gasteiger partial charge is 0.454 e. The van der Waals surface area contributed by atoms with Crippen molar-refractivity contribution in [2.45, 2.75) is 38.6 Å². The summed E-state index contributed by atoms with van der Waals surface area (Å²) in [6, 6.07) is 4.10. The number of rotatable bonds is 4. The minimum Gasteiger partial charge on any atom is -0.454 e. The zero-order chi connectivity index (χ0) is 18.5. The quantitative estimate of drug-likeness (QED) is 0.794. The summed E-state index contributed by atoms with van der Waals surface area (Å²) in [5.41, 5.74) is 0.238. The summed E-state index contributed by atoms with van der Waals surface area (Å²) in [4.78, 5) is 35.7. The topological polar surface area (TPSA) is 103 Å². The van der Waals surface area contributed by atoms with Crippen LogP contribution in [0.2, 0.25) is 0 Å². The van der Waals surface area contributed by atoms with E-state index in [4.69, 9.17) is 14.2 Å². The van der Waals surface area contributed by atoms with Crippen molar-refractivity contribution in [3.8, 4) is 11.5 Å². The lowest BCUT2D eigenvalue weighted by Crippen LogP contribution is -2.48. The molecule has 3 rings (SSSR count). The molecule has 1 fully saturated rings. The Morgan fingerprint density at radius 3 is 2.73 bits per heavy atom. The number of carbonyl (C=O) groups is 3. The predicted molar refractivity (Wildman–Crippen MR) is 90.9 cm³/mol. The van der Waals surface area contributed by atoms with Gasteiger partial charge >= 0.3 is 12.0 Å². The van der Waals surface area contributed by atoms with Crippen LogP contribution in [-0.4, -0.2) is 37.3 Å².